The molecule has 0 spiro atoms. The van der Waals surface area contributed by atoms with Crippen LogP contribution in [0, 0.1) is 5.82 Å². The zero-order valence-corrected chi connectivity index (χ0v) is 18.7. The summed E-state index contributed by atoms with van der Waals surface area (Å²) in [5.74, 6) is -1.29. The van der Waals surface area contributed by atoms with Crippen molar-refractivity contribution in [1.82, 2.24) is 5.32 Å². The Balaban J connectivity index is 1.63. The van der Waals surface area contributed by atoms with Crippen LogP contribution in [0.25, 0.3) is 5.70 Å². The number of nitrogens with one attached hydrogen (secondary N) is 1. The Labute approximate surface area is 196 Å². The van der Waals surface area contributed by atoms with Crippen LogP contribution >= 0.6 is 0 Å². The number of Topliss-reactive ketones (excluding diaryl/α,β-unsaturated/α-hetero) is 1. The van der Waals surface area contributed by atoms with Crippen LogP contribution in [0.4, 0.5) is 4.39 Å². The SMILES string of the molecule is COC(=O)C1=C(C)NC2=C(C(=O)c3ccccc32)[C@@H]1c1ccccc1OCc1ccccc1F. The summed E-state index contributed by atoms with van der Waals surface area (Å²) in [5, 5.41) is 3.26. The Kier molecular flexibility index (Phi) is 5.49. The third kappa shape index (κ3) is 3.48. The number of benzene rings is 3. The van der Waals surface area contributed by atoms with Crippen molar-refractivity contribution in [2.75, 3.05) is 7.11 Å². The normalized spacial score (nSPS) is 16.7. The van der Waals surface area contributed by atoms with E-state index in [4.69, 9.17) is 9.47 Å². The van der Waals surface area contributed by atoms with Gasteiger partial charge in [-0.3, -0.25) is 4.79 Å². The number of ketones is 1. The fourth-order valence-corrected chi connectivity index (χ4v) is 4.64. The van der Waals surface area contributed by atoms with E-state index >= 15 is 0 Å². The monoisotopic (exact) mass is 455 g/mol. The number of hydrogen-bond donors (Lipinski definition) is 1. The quantitative estimate of drug-likeness (QED) is 0.540. The van der Waals surface area contributed by atoms with E-state index in [1.165, 1.54) is 13.2 Å². The van der Waals surface area contributed by atoms with Gasteiger partial charge >= 0.3 is 5.97 Å². The molecule has 0 amide bonds. The molecule has 6 heteroatoms. The van der Waals surface area contributed by atoms with Gasteiger partial charge in [0.15, 0.2) is 5.78 Å². The second-order valence-corrected chi connectivity index (χ2v) is 8.17. The van der Waals surface area contributed by atoms with E-state index in [0.29, 0.717) is 45.0 Å². The molecule has 1 aliphatic heterocycles. The molecule has 34 heavy (non-hydrogen) atoms. The molecule has 0 radical (unpaired) electrons. The molecule has 1 aliphatic carbocycles. The first-order valence-electron chi connectivity index (χ1n) is 10.9. The summed E-state index contributed by atoms with van der Waals surface area (Å²) in [5.41, 5.74) is 4.50. The largest absolute Gasteiger partial charge is 0.488 e. The predicted molar refractivity (Wildman–Crippen MR) is 125 cm³/mol. The van der Waals surface area contributed by atoms with Crippen molar-refractivity contribution in [2.24, 2.45) is 0 Å². The first kappa shape index (κ1) is 21.6. The van der Waals surface area contributed by atoms with E-state index < -0.39 is 11.9 Å². The molecular weight excluding hydrogens is 433 g/mol. The number of hydrogen-bond acceptors (Lipinski definition) is 5. The molecule has 2 aliphatic rings. The van der Waals surface area contributed by atoms with Crippen LogP contribution < -0.4 is 10.1 Å². The predicted octanol–water partition coefficient (Wildman–Crippen LogP) is 5.15. The van der Waals surface area contributed by atoms with Crippen LogP contribution in [0.1, 0.15) is 39.9 Å². The third-order valence-electron chi connectivity index (χ3n) is 6.23. The van der Waals surface area contributed by atoms with Crippen LogP contribution in [-0.4, -0.2) is 18.9 Å². The Morgan fingerprint density at radius 1 is 0.971 bits per heavy atom. The van der Waals surface area contributed by atoms with E-state index in [0.717, 1.165) is 5.56 Å². The molecule has 0 unspecified atom stereocenters. The van der Waals surface area contributed by atoms with Gasteiger partial charge in [-0.25, -0.2) is 9.18 Å². The summed E-state index contributed by atoms with van der Waals surface area (Å²) in [6.45, 7) is 1.79. The maximum atomic E-state index is 14.2. The lowest BCUT2D eigenvalue weighted by atomic mass is 9.79. The van der Waals surface area contributed by atoms with Gasteiger partial charge in [0.2, 0.25) is 0 Å². The lowest BCUT2D eigenvalue weighted by Gasteiger charge is -2.30. The third-order valence-corrected chi connectivity index (χ3v) is 6.23. The van der Waals surface area contributed by atoms with Gasteiger partial charge in [0.25, 0.3) is 0 Å². The standard InChI is InChI=1S/C28H22FNO4/c1-16-23(28(32)33-2)24(25-26(30-16)18-10-4-5-11-19(18)27(25)31)20-12-6-8-14-22(20)34-15-17-9-3-7-13-21(17)29/h3-14,24,30H,15H2,1-2H3/t24-/m1/s1. The Morgan fingerprint density at radius 2 is 1.65 bits per heavy atom. The number of dihydropyridines is 1. The zero-order chi connectivity index (χ0) is 23.8. The summed E-state index contributed by atoms with van der Waals surface area (Å²) in [4.78, 5) is 26.5. The van der Waals surface area contributed by atoms with Crippen LogP contribution in [-0.2, 0) is 16.1 Å². The molecule has 5 rings (SSSR count). The highest BCUT2D eigenvalue weighted by Gasteiger charge is 2.43. The van der Waals surface area contributed by atoms with Gasteiger partial charge in [-0.15, -0.1) is 0 Å². The summed E-state index contributed by atoms with van der Waals surface area (Å²) in [6, 6.07) is 21.0. The van der Waals surface area contributed by atoms with Crippen molar-refractivity contribution in [1.29, 1.82) is 0 Å². The minimum atomic E-state index is -0.708. The van der Waals surface area contributed by atoms with Gasteiger partial charge in [0.05, 0.1) is 24.3 Å². The molecule has 170 valence electrons. The molecule has 5 nitrogen and oxygen atoms in total. The first-order chi connectivity index (χ1) is 16.5. The van der Waals surface area contributed by atoms with E-state index in [1.54, 1.807) is 43.3 Å². The van der Waals surface area contributed by atoms with E-state index in [2.05, 4.69) is 5.32 Å². The topological polar surface area (TPSA) is 64.6 Å². The number of carbonyl (C=O) groups excluding carboxylic acids is 2. The number of para-hydroxylation sites is 1. The van der Waals surface area contributed by atoms with Crippen molar-refractivity contribution in [3.8, 4) is 5.75 Å². The first-order valence-corrected chi connectivity index (χ1v) is 10.9. The minimum absolute atomic E-state index is 0.00495. The van der Waals surface area contributed by atoms with E-state index in [9.17, 15) is 14.0 Å². The molecule has 0 saturated carbocycles. The number of esters is 1. The van der Waals surface area contributed by atoms with Gasteiger partial charge in [-0.2, -0.15) is 0 Å². The number of rotatable bonds is 5. The number of methoxy groups -OCH3 is 1. The molecule has 0 aromatic heterocycles. The molecular formula is C28H22FNO4. The maximum Gasteiger partial charge on any atom is 0.336 e. The summed E-state index contributed by atoms with van der Waals surface area (Å²) >= 11 is 0. The van der Waals surface area contributed by atoms with Gasteiger partial charge in [-0.05, 0) is 19.1 Å². The van der Waals surface area contributed by atoms with Crippen LogP contribution in [0.5, 0.6) is 5.75 Å². The van der Waals surface area contributed by atoms with Crippen molar-refractivity contribution in [3.05, 3.63) is 118 Å². The minimum Gasteiger partial charge on any atom is -0.488 e. The summed E-state index contributed by atoms with van der Waals surface area (Å²) in [6.07, 6.45) is 0. The fourth-order valence-electron chi connectivity index (χ4n) is 4.64. The average Bonchev–Trinajstić information content (AvgIpc) is 3.14. The average molecular weight is 455 g/mol. The second-order valence-electron chi connectivity index (χ2n) is 8.17. The highest BCUT2D eigenvalue weighted by Crippen LogP contribution is 2.48. The Morgan fingerprint density at radius 3 is 2.41 bits per heavy atom. The fraction of sp³-hybridized carbons (Fsp3) is 0.143. The molecule has 0 bridgehead atoms. The van der Waals surface area contributed by atoms with Crippen LogP contribution in [0.15, 0.2) is 89.6 Å². The highest BCUT2D eigenvalue weighted by molar-refractivity contribution is 6.23. The van der Waals surface area contributed by atoms with Crippen molar-refractivity contribution in [2.45, 2.75) is 19.4 Å². The smallest absolute Gasteiger partial charge is 0.336 e. The molecule has 0 fully saturated rings. The maximum absolute atomic E-state index is 14.2. The van der Waals surface area contributed by atoms with Gasteiger partial charge < -0.3 is 14.8 Å². The second kappa shape index (κ2) is 8.63. The van der Waals surface area contributed by atoms with E-state index in [-0.39, 0.29) is 18.2 Å². The number of carbonyl (C=O) groups is 2. The lowest BCUT2D eigenvalue weighted by molar-refractivity contribution is -0.136. The lowest BCUT2D eigenvalue weighted by Crippen LogP contribution is -2.29. The summed E-state index contributed by atoms with van der Waals surface area (Å²) in [7, 11) is 1.31. The molecule has 0 saturated heterocycles. The molecule has 1 atom stereocenters. The van der Waals surface area contributed by atoms with Crippen molar-refractivity contribution in [3.63, 3.8) is 0 Å². The number of allylic oxidation sites excluding steroid dienone is 2. The van der Waals surface area contributed by atoms with Crippen molar-refractivity contribution >= 4 is 17.4 Å². The zero-order valence-electron chi connectivity index (χ0n) is 18.7. The molecule has 3 aromatic carbocycles. The molecule has 1 heterocycles. The number of ether oxygens (including phenoxy) is 2. The van der Waals surface area contributed by atoms with Crippen molar-refractivity contribution < 1.29 is 23.5 Å². The Bertz CT molecular complexity index is 1390. The van der Waals surface area contributed by atoms with Gasteiger partial charge in [0.1, 0.15) is 18.2 Å². The van der Waals surface area contributed by atoms with Crippen LogP contribution in [0.2, 0.25) is 0 Å². The van der Waals surface area contributed by atoms with E-state index in [1.807, 2.05) is 30.3 Å². The summed E-state index contributed by atoms with van der Waals surface area (Å²) < 4.78 is 25.3. The van der Waals surface area contributed by atoms with Gasteiger partial charge in [0, 0.05) is 33.5 Å². The molecule has 3 aromatic rings. The molecule has 1 N–H and O–H groups in total. The highest BCUT2D eigenvalue weighted by atomic mass is 19.1. The van der Waals surface area contributed by atoms with Crippen LogP contribution in [0.3, 0.4) is 0 Å². The number of fused-ring (bicyclic) bond motifs is 2. The van der Waals surface area contributed by atoms with Gasteiger partial charge in [-0.1, -0.05) is 60.7 Å². The number of halogens is 1. The Hall–Kier alpha value is -4.19.